The van der Waals surface area contributed by atoms with Gasteiger partial charge in [-0.25, -0.2) is 4.98 Å². The number of amides is 1. The van der Waals surface area contributed by atoms with E-state index in [0.29, 0.717) is 10.8 Å². The summed E-state index contributed by atoms with van der Waals surface area (Å²) in [6, 6.07) is -0.233. The quantitative estimate of drug-likeness (QED) is 0.874. The minimum absolute atomic E-state index is 0.0707. The van der Waals surface area contributed by atoms with Crippen LogP contribution in [0, 0.1) is 0 Å². The van der Waals surface area contributed by atoms with Crippen LogP contribution < -0.4 is 10.1 Å². The molecule has 1 N–H and O–H groups in total. The van der Waals surface area contributed by atoms with Crippen LogP contribution in [-0.4, -0.2) is 48.0 Å². The number of likely N-dealkylation sites (N-methyl/N-ethyl adjacent to an activating group) is 1. The predicted molar refractivity (Wildman–Crippen MR) is 65.4 cm³/mol. The molecule has 1 aromatic rings. The van der Waals surface area contributed by atoms with Crippen molar-refractivity contribution >= 4 is 23.3 Å². The van der Waals surface area contributed by atoms with Gasteiger partial charge in [-0.1, -0.05) is 11.6 Å². The van der Waals surface area contributed by atoms with E-state index in [9.17, 15) is 4.79 Å². The van der Waals surface area contributed by atoms with Crippen molar-refractivity contribution in [1.82, 2.24) is 14.9 Å². The smallest absolute Gasteiger partial charge is 0.318 e. The Labute approximate surface area is 105 Å². The number of aromatic nitrogens is 2. The van der Waals surface area contributed by atoms with Crippen molar-refractivity contribution in [2.24, 2.45) is 0 Å². The largest absolute Gasteiger partial charge is 0.467 e. The molecule has 6 nitrogen and oxygen atoms in total. The van der Waals surface area contributed by atoms with Crippen molar-refractivity contribution in [2.75, 3.05) is 26.5 Å². The van der Waals surface area contributed by atoms with E-state index in [4.69, 9.17) is 16.3 Å². The van der Waals surface area contributed by atoms with E-state index >= 15 is 0 Å². The maximum Gasteiger partial charge on any atom is 0.318 e. The summed E-state index contributed by atoms with van der Waals surface area (Å²) in [6.45, 7) is 1.73. The molecule has 1 amide bonds. The number of ether oxygens (including phenoxy) is 1. The van der Waals surface area contributed by atoms with Gasteiger partial charge in [-0.15, -0.1) is 0 Å². The van der Waals surface area contributed by atoms with Gasteiger partial charge < -0.3 is 15.0 Å². The number of halogens is 1. The zero-order valence-corrected chi connectivity index (χ0v) is 10.9. The molecule has 0 aromatic carbocycles. The summed E-state index contributed by atoms with van der Waals surface area (Å²) in [7, 11) is 4.83. The van der Waals surface area contributed by atoms with E-state index in [1.807, 2.05) is 0 Å². The van der Waals surface area contributed by atoms with Gasteiger partial charge in [0.05, 0.1) is 13.3 Å². The van der Waals surface area contributed by atoms with Gasteiger partial charge >= 0.3 is 6.01 Å². The Bertz CT molecular complexity index is 411. The third-order valence-electron chi connectivity index (χ3n) is 2.07. The molecule has 94 valence electrons. The highest BCUT2D eigenvalue weighted by Crippen LogP contribution is 2.20. The first-order chi connectivity index (χ1) is 7.95. The predicted octanol–water partition coefficient (Wildman–Crippen LogP) is 1.03. The molecule has 0 saturated heterocycles. The number of rotatable bonds is 4. The summed E-state index contributed by atoms with van der Waals surface area (Å²) >= 11 is 5.91. The summed E-state index contributed by atoms with van der Waals surface area (Å²) in [5, 5.41) is 3.25. The Morgan fingerprint density at radius 1 is 1.59 bits per heavy atom. The molecule has 0 aliphatic rings. The average Bonchev–Trinajstić information content (AvgIpc) is 2.30. The molecular formula is C10H15ClN4O2. The lowest BCUT2D eigenvalue weighted by Gasteiger charge is -2.18. The van der Waals surface area contributed by atoms with Crippen LogP contribution in [0.5, 0.6) is 6.01 Å². The Hall–Kier alpha value is -1.56. The fourth-order valence-electron chi connectivity index (χ4n) is 1.20. The lowest BCUT2D eigenvalue weighted by molar-refractivity contribution is -0.129. The summed E-state index contributed by atoms with van der Waals surface area (Å²) in [5.41, 5.74) is 0. The average molecular weight is 259 g/mol. The monoisotopic (exact) mass is 258 g/mol. The molecule has 0 radical (unpaired) electrons. The first kappa shape index (κ1) is 13.5. The number of hydrogen-bond acceptors (Lipinski definition) is 5. The zero-order valence-electron chi connectivity index (χ0n) is 10.2. The van der Waals surface area contributed by atoms with E-state index in [1.54, 1.807) is 21.0 Å². The minimum atomic E-state index is -0.429. The van der Waals surface area contributed by atoms with Crippen molar-refractivity contribution in [3.8, 4) is 6.01 Å². The second-order valence-electron chi connectivity index (χ2n) is 3.65. The second kappa shape index (κ2) is 5.67. The fraction of sp³-hybridized carbons (Fsp3) is 0.500. The number of hydrogen-bond donors (Lipinski definition) is 1. The van der Waals surface area contributed by atoms with Crippen molar-refractivity contribution in [2.45, 2.75) is 13.0 Å². The highest BCUT2D eigenvalue weighted by Gasteiger charge is 2.17. The maximum absolute atomic E-state index is 11.7. The van der Waals surface area contributed by atoms with E-state index < -0.39 is 6.04 Å². The van der Waals surface area contributed by atoms with Crippen LogP contribution in [0.4, 0.5) is 5.82 Å². The van der Waals surface area contributed by atoms with Crippen LogP contribution in [0.2, 0.25) is 5.02 Å². The molecule has 7 heteroatoms. The zero-order chi connectivity index (χ0) is 13.0. The first-order valence-corrected chi connectivity index (χ1v) is 5.37. The number of anilines is 1. The first-order valence-electron chi connectivity index (χ1n) is 5.00. The van der Waals surface area contributed by atoms with Gasteiger partial charge in [-0.3, -0.25) is 4.79 Å². The lowest BCUT2D eigenvalue weighted by atomic mass is 10.3. The number of carbonyl (C=O) groups excluding carboxylic acids is 1. The Kier molecular flexibility index (Phi) is 4.51. The van der Waals surface area contributed by atoms with Crippen molar-refractivity contribution in [3.63, 3.8) is 0 Å². The van der Waals surface area contributed by atoms with E-state index in [-0.39, 0.29) is 11.9 Å². The van der Waals surface area contributed by atoms with Gasteiger partial charge in [-0.05, 0) is 6.92 Å². The summed E-state index contributed by atoms with van der Waals surface area (Å²) in [5.74, 6) is 0.305. The number of nitrogens with one attached hydrogen (secondary N) is 1. The van der Waals surface area contributed by atoms with Gasteiger partial charge in [-0.2, -0.15) is 4.98 Å². The maximum atomic E-state index is 11.7. The molecule has 0 unspecified atom stereocenters. The van der Waals surface area contributed by atoms with Crippen LogP contribution in [0.15, 0.2) is 6.20 Å². The van der Waals surface area contributed by atoms with Gasteiger partial charge in [0, 0.05) is 14.1 Å². The molecule has 0 aliphatic heterocycles. The fourth-order valence-corrected chi connectivity index (χ4v) is 1.35. The SMILES string of the molecule is COc1ncc(Cl)c(N[C@@H](C)C(=O)N(C)C)n1. The minimum Gasteiger partial charge on any atom is -0.467 e. The molecule has 0 spiro atoms. The number of carbonyl (C=O) groups is 1. The normalized spacial score (nSPS) is 11.8. The van der Waals surface area contributed by atoms with Crippen LogP contribution in [0.25, 0.3) is 0 Å². The molecule has 0 bridgehead atoms. The van der Waals surface area contributed by atoms with Crippen LogP contribution in [0.3, 0.4) is 0 Å². The van der Waals surface area contributed by atoms with Crippen LogP contribution in [0.1, 0.15) is 6.92 Å². The molecule has 0 aliphatic carbocycles. The standard InChI is InChI=1S/C10H15ClN4O2/c1-6(9(16)15(2)3)13-8-7(11)5-12-10(14-8)17-4/h5-6H,1-4H3,(H,12,13,14)/t6-/m0/s1. The molecule has 1 heterocycles. The molecule has 0 saturated carbocycles. The van der Waals surface area contributed by atoms with Crippen molar-refractivity contribution < 1.29 is 9.53 Å². The summed E-state index contributed by atoms with van der Waals surface area (Å²) in [4.78, 5) is 21.0. The van der Waals surface area contributed by atoms with E-state index in [0.717, 1.165) is 0 Å². The molecular weight excluding hydrogens is 244 g/mol. The topological polar surface area (TPSA) is 67.3 Å². The Morgan fingerprint density at radius 2 is 2.24 bits per heavy atom. The van der Waals surface area contributed by atoms with Gasteiger partial charge in [0.15, 0.2) is 5.82 Å². The Balaban J connectivity index is 2.83. The molecule has 1 rings (SSSR count). The van der Waals surface area contributed by atoms with E-state index in [1.165, 1.54) is 18.2 Å². The van der Waals surface area contributed by atoms with Crippen LogP contribution in [-0.2, 0) is 4.79 Å². The van der Waals surface area contributed by atoms with E-state index in [2.05, 4.69) is 15.3 Å². The van der Waals surface area contributed by atoms with Gasteiger partial charge in [0.1, 0.15) is 11.1 Å². The summed E-state index contributed by atoms with van der Waals surface area (Å²) in [6.07, 6.45) is 1.42. The second-order valence-corrected chi connectivity index (χ2v) is 4.06. The third-order valence-corrected chi connectivity index (χ3v) is 2.35. The molecule has 1 atom stereocenters. The van der Waals surface area contributed by atoms with Crippen LogP contribution >= 0.6 is 11.6 Å². The number of nitrogens with zero attached hydrogens (tertiary/aromatic N) is 3. The highest BCUT2D eigenvalue weighted by atomic mass is 35.5. The lowest BCUT2D eigenvalue weighted by Crippen LogP contribution is -2.36. The van der Waals surface area contributed by atoms with Crippen molar-refractivity contribution in [3.05, 3.63) is 11.2 Å². The van der Waals surface area contributed by atoms with Crippen molar-refractivity contribution in [1.29, 1.82) is 0 Å². The number of methoxy groups -OCH3 is 1. The molecule has 0 fully saturated rings. The van der Waals surface area contributed by atoms with Gasteiger partial charge in [0.25, 0.3) is 0 Å². The third kappa shape index (κ3) is 3.45. The van der Waals surface area contributed by atoms with Gasteiger partial charge in [0.2, 0.25) is 5.91 Å². The highest BCUT2D eigenvalue weighted by molar-refractivity contribution is 6.32. The summed E-state index contributed by atoms with van der Waals surface area (Å²) < 4.78 is 4.88. The molecule has 1 aromatic heterocycles. The molecule has 17 heavy (non-hydrogen) atoms. The Morgan fingerprint density at radius 3 is 2.76 bits per heavy atom.